The van der Waals surface area contributed by atoms with Crippen LogP contribution in [0, 0.1) is 14.9 Å². The van der Waals surface area contributed by atoms with E-state index >= 15 is 0 Å². The van der Waals surface area contributed by atoms with E-state index < -0.39 is 0 Å². The molecule has 0 saturated carbocycles. The average molecular weight is 537 g/mol. The molecule has 0 spiro atoms. The summed E-state index contributed by atoms with van der Waals surface area (Å²) in [6, 6.07) is 20.4. The zero-order chi connectivity index (χ0) is 20.6. The highest BCUT2D eigenvalue weighted by molar-refractivity contribution is 14.1. The van der Waals surface area contributed by atoms with E-state index in [1.54, 1.807) is 24.4 Å². The van der Waals surface area contributed by atoms with Gasteiger partial charge in [0.15, 0.2) is 0 Å². The summed E-state index contributed by atoms with van der Waals surface area (Å²) in [4.78, 5) is 5.32. The average Bonchev–Trinajstić information content (AvgIpc) is 2.72. The summed E-state index contributed by atoms with van der Waals surface area (Å²) in [6.07, 6.45) is 1.62. The van der Waals surface area contributed by atoms with Gasteiger partial charge < -0.3 is 9.57 Å². The molecule has 7 heteroatoms. The molecular weight excluding hydrogens is 522 g/mol. The fourth-order valence-electron chi connectivity index (χ4n) is 2.47. The van der Waals surface area contributed by atoms with Crippen molar-refractivity contribution in [3.05, 3.63) is 96.5 Å². The van der Waals surface area contributed by atoms with Gasteiger partial charge >= 0.3 is 0 Å². The minimum atomic E-state index is 0.236. The van der Waals surface area contributed by atoms with Crippen molar-refractivity contribution in [2.45, 2.75) is 13.2 Å². The predicted octanol–water partition coefficient (Wildman–Crippen LogP) is 6.60. The lowest BCUT2D eigenvalue weighted by molar-refractivity contribution is 0.132. The van der Waals surface area contributed by atoms with Crippen LogP contribution in [0.1, 0.15) is 22.3 Å². The van der Waals surface area contributed by atoms with Crippen molar-refractivity contribution >= 4 is 52.0 Å². The Bertz CT molecular complexity index is 1080. The summed E-state index contributed by atoms with van der Waals surface area (Å²) < 4.78 is 6.80. The van der Waals surface area contributed by atoms with E-state index in [4.69, 9.17) is 38.0 Å². The van der Waals surface area contributed by atoms with E-state index in [1.807, 2.05) is 42.5 Å². The van der Waals surface area contributed by atoms with Gasteiger partial charge in [-0.2, -0.15) is 5.26 Å². The number of benzene rings is 3. The van der Waals surface area contributed by atoms with E-state index in [-0.39, 0.29) is 6.61 Å². The number of rotatable bonds is 7. The first kappa shape index (κ1) is 21.4. The number of oxime groups is 1. The van der Waals surface area contributed by atoms with Crippen LogP contribution in [0.4, 0.5) is 0 Å². The van der Waals surface area contributed by atoms with Crippen molar-refractivity contribution in [1.82, 2.24) is 0 Å². The number of nitriles is 1. The van der Waals surface area contributed by atoms with E-state index in [9.17, 15) is 0 Å². The van der Waals surface area contributed by atoms with Gasteiger partial charge in [0, 0.05) is 21.2 Å². The topological polar surface area (TPSA) is 54.6 Å². The molecule has 0 amide bonds. The van der Waals surface area contributed by atoms with Crippen LogP contribution in [0.3, 0.4) is 0 Å². The van der Waals surface area contributed by atoms with E-state index in [0.29, 0.717) is 22.2 Å². The highest BCUT2D eigenvalue weighted by atomic mass is 127. The van der Waals surface area contributed by atoms with Crippen LogP contribution in [0.25, 0.3) is 0 Å². The summed E-state index contributed by atoms with van der Waals surface area (Å²) in [6.45, 7) is 0.585. The molecule has 0 N–H and O–H groups in total. The Kier molecular flexibility index (Phi) is 7.76. The highest BCUT2D eigenvalue weighted by Gasteiger charge is 2.06. The lowest BCUT2D eigenvalue weighted by Crippen LogP contribution is -1.98. The molecule has 0 saturated heterocycles. The van der Waals surface area contributed by atoms with E-state index in [1.165, 1.54) is 0 Å². The molecule has 0 aromatic heterocycles. The fraction of sp³-hybridized carbons (Fsp3) is 0.0909. The van der Waals surface area contributed by atoms with Crippen LogP contribution in [0.5, 0.6) is 5.75 Å². The van der Waals surface area contributed by atoms with Crippen molar-refractivity contribution in [1.29, 1.82) is 5.26 Å². The number of nitrogens with zero attached hydrogens (tertiary/aromatic N) is 2. The van der Waals surface area contributed by atoms with Crippen molar-refractivity contribution in [2.24, 2.45) is 5.16 Å². The van der Waals surface area contributed by atoms with Crippen LogP contribution in [0.15, 0.2) is 65.8 Å². The summed E-state index contributed by atoms with van der Waals surface area (Å²) in [7, 11) is 0. The maximum absolute atomic E-state index is 9.08. The van der Waals surface area contributed by atoms with Gasteiger partial charge in [0.2, 0.25) is 0 Å². The van der Waals surface area contributed by atoms with Crippen molar-refractivity contribution in [2.75, 3.05) is 0 Å². The molecule has 0 aliphatic rings. The largest absolute Gasteiger partial charge is 0.488 e. The van der Waals surface area contributed by atoms with Gasteiger partial charge in [-0.15, -0.1) is 0 Å². The number of hydrogen-bond donors (Lipinski definition) is 0. The maximum atomic E-state index is 9.08. The first-order valence-corrected chi connectivity index (χ1v) is 10.4. The Labute approximate surface area is 192 Å². The molecule has 0 bridgehead atoms. The summed E-state index contributed by atoms with van der Waals surface area (Å²) in [5.74, 6) is 0.748. The van der Waals surface area contributed by atoms with Crippen LogP contribution >= 0.6 is 45.8 Å². The lowest BCUT2D eigenvalue weighted by atomic mass is 10.1. The molecule has 0 aliphatic carbocycles. The molecule has 3 aromatic carbocycles. The second-order valence-electron chi connectivity index (χ2n) is 5.99. The van der Waals surface area contributed by atoms with Gasteiger partial charge in [-0.25, -0.2) is 0 Å². The molecule has 0 aliphatic heterocycles. The fourth-order valence-corrected chi connectivity index (χ4v) is 3.63. The first-order valence-electron chi connectivity index (χ1n) is 8.56. The molecular formula is C22H15Cl2IN2O2. The molecule has 0 fully saturated rings. The Hall–Kier alpha value is -2.27. The Morgan fingerprint density at radius 3 is 2.59 bits per heavy atom. The number of ether oxygens (including phenoxy) is 1. The van der Waals surface area contributed by atoms with Crippen molar-refractivity contribution in [3.8, 4) is 11.8 Å². The normalized spacial score (nSPS) is 10.7. The molecule has 0 heterocycles. The van der Waals surface area contributed by atoms with Crippen molar-refractivity contribution in [3.63, 3.8) is 0 Å². The third-order valence-electron chi connectivity index (χ3n) is 3.99. The van der Waals surface area contributed by atoms with Crippen molar-refractivity contribution < 1.29 is 9.57 Å². The molecule has 3 aromatic rings. The lowest BCUT2D eigenvalue weighted by Gasteiger charge is -2.10. The van der Waals surface area contributed by atoms with Gasteiger partial charge in [-0.3, -0.25) is 0 Å². The Morgan fingerprint density at radius 1 is 1.00 bits per heavy atom. The number of halogens is 3. The monoisotopic (exact) mass is 536 g/mol. The zero-order valence-corrected chi connectivity index (χ0v) is 18.8. The van der Waals surface area contributed by atoms with Crippen LogP contribution in [0.2, 0.25) is 10.0 Å². The molecule has 0 atom stereocenters. The SMILES string of the molecule is N#Cc1ccccc1CO/N=C\c1ccc(OCc2ccc(Cl)cc2Cl)c(I)c1. The second-order valence-corrected chi connectivity index (χ2v) is 8.00. The smallest absolute Gasteiger partial charge is 0.143 e. The summed E-state index contributed by atoms with van der Waals surface area (Å²) >= 11 is 14.3. The molecule has 4 nitrogen and oxygen atoms in total. The van der Waals surface area contributed by atoms with Gasteiger partial charge in [0.25, 0.3) is 0 Å². The summed E-state index contributed by atoms with van der Waals surface area (Å²) in [5, 5.41) is 14.2. The second kappa shape index (κ2) is 10.5. The summed E-state index contributed by atoms with van der Waals surface area (Å²) in [5.41, 5.74) is 3.12. The molecule has 0 unspecified atom stereocenters. The quantitative estimate of drug-likeness (QED) is 0.194. The first-order chi connectivity index (χ1) is 14.1. The van der Waals surface area contributed by atoms with Gasteiger partial charge in [0.1, 0.15) is 19.0 Å². The van der Waals surface area contributed by atoms with Gasteiger partial charge in [-0.05, 0) is 64.6 Å². The third kappa shape index (κ3) is 6.10. The van der Waals surface area contributed by atoms with E-state index in [0.717, 1.165) is 26.0 Å². The predicted molar refractivity (Wildman–Crippen MR) is 123 cm³/mol. The Balaban J connectivity index is 1.57. The van der Waals surface area contributed by atoms with E-state index in [2.05, 4.69) is 33.8 Å². The number of hydrogen-bond acceptors (Lipinski definition) is 4. The molecule has 29 heavy (non-hydrogen) atoms. The molecule has 0 radical (unpaired) electrons. The van der Waals surface area contributed by atoms with Crippen LogP contribution < -0.4 is 4.74 Å². The minimum Gasteiger partial charge on any atom is -0.488 e. The molecule has 146 valence electrons. The molecule has 3 rings (SSSR count). The van der Waals surface area contributed by atoms with Gasteiger partial charge in [0.05, 0.1) is 21.4 Å². The van der Waals surface area contributed by atoms with Crippen LogP contribution in [-0.4, -0.2) is 6.21 Å². The minimum absolute atomic E-state index is 0.236. The highest BCUT2D eigenvalue weighted by Crippen LogP contribution is 2.26. The van der Waals surface area contributed by atoms with Crippen LogP contribution in [-0.2, 0) is 18.1 Å². The van der Waals surface area contributed by atoms with Gasteiger partial charge in [-0.1, -0.05) is 52.6 Å². The third-order valence-corrected chi connectivity index (χ3v) is 5.42. The zero-order valence-electron chi connectivity index (χ0n) is 15.1. The Morgan fingerprint density at radius 2 is 1.83 bits per heavy atom. The maximum Gasteiger partial charge on any atom is 0.143 e. The standard InChI is InChI=1S/C22H15Cl2IN2O2/c23-19-7-6-18(20(24)10-19)13-28-22-8-5-15(9-21(22)25)12-27-29-14-17-4-2-1-3-16(17)11-26/h1-10,12H,13-14H2/b27-12-.